The highest BCUT2D eigenvalue weighted by molar-refractivity contribution is 8.47. The van der Waals surface area contributed by atoms with Crippen molar-refractivity contribution < 1.29 is 9.22 Å². The van der Waals surface area contributed by atoms with Crippen molar-refractivity contribution in [2.75, 3.05) is 0 Å². The van der Waals surface area contributed by atoms with E-state index in [9.17, 15) is 4.79 Å². The predicted molar refractivity (Wildman–Crippen MR) is 111 cm³/mol. The molecule has 23 heavy (non-hydrogen) atoms. The molecule has 0 spiro atoms. The second-order valence-electron chi connectivity index (χ2n) is 8.62. The molecule has 0 radical (unpaired) electrons. The van der Waals surface area contributed by atoms with E-state index >= 15 is 0 Å². The van der Waals surface area contributed by atoms with E-state index in [-0.39, 0.29) is 33.1 Å². The van der Waals surface area contributed by atoms with Crippen LogP contribution in [0.1, 0.15) is 48.5 Å². The Bertz CT molecular complexity index is 469. The molecule has 1 unspecified atom stereocenters. The van der Waals surface area contributed by atoms with Crippen molar-refractivity contribution in [1.82, 2.24) is 5.32 Å². The van der Waals surface area contributed by atoms with Gasteiger partial charge in [0.15, 0.2) is 8.32 Å². The molecule has 3 nitrogen and oxygen atoms in total. The number of hydrogen-bond acceptors (Lipinski definition) is 5. The van der Waals surface area contributed by atoms with Crippen LogP contribution in [-0.4, -0.2) is 34.0 Å². The summed E-state index contributed by atoms with van der Waals surface area (Å²) in [5.74, 6) is -0.0371. The summed E-state index contributed by atoms with van der Waals surface area (Å²) >= 11 is 8.73. The molecule has 0 aromatic rings. The lowest BCUT2D eigenvalue weighted by Gasteiger charge is -2.45. The van der Waals surface area contributed by atoms with Crippen LogP contribution in [0.15, 0.2) is 0 Å². The summed E-state index contributed by atoms with van der Waals surface area (Å²) < 4.78 is 7.38. The predicted octanol–water partition coefficient (Wildman–Crippen LogP) is 5.02. The van der Waals surface area contributed by atoms with Gasteiger partial charge in [-0.15, -0.1) is 11.8 Å². The van der Waals surface area contributed by atoms with Gasteiger partial charge in [0.05, 0.1) is 17.4 Å². The molecule has 0 aromatic heterocycles. The average Bonchev–Trinajstić information content (AvgIpc) is 2.22. The summed E-state index contributed by atoms with van der Waals surface area (Å²) in [6, 6.07) is 0. The number of rotatable bonds is 4. The van der Waals surface area contributed by atoms with Gasteiger partial charge in [-0.25, -0.2) is 0 Å². The van der Waals surface area contributed by atoms with Gasteiger partial charge in [-0.2, -0.15) is 0 Å². The van der Waals surface area contributed by atoms with Gasteiger partial charge in [-0.1, -0.05) is 65.5 Å². The number of carbonyl (C=O) groups is 1. The zero-order valence-corrected chi connectivity index (χ0v) is 19.2. The highest BCUT2D eigenvalue weighted by Crippen LogP contribution is 2.41. The van der Waals surface area contributed by atoms with Crippen molar-refractivity contribution in [3.63, 3.8) is 0 Å². The normalized spacial score (nSPS) is 24.0. The van der Waals surface area contributed by atoms with E-state index in [0.29, 0.717) is 0 Å². The molecule has 1 aliphatic heterocycles. The van der Waals surface area contributed by atoms with Crippen LogP contribution in [0.2, 0.25) is 18.1 Å². The number of thioether (sulfide) groups is 2. The Morgan fingerprint density at radius 1 is 1.26 bits per heavy atom. The average molecular weight is 394 g/mol. The molecule has 134 valence electrons. The van der Waals surface area contributed by atoms with Crippen LogP contribution in [0.5, 0.6) is 0 Å². The molecule has 0 bridgehead atoms. The lowest BCUT2D eigenvalue weighted by atomic mass is 9.96. The Morgan fingerprint density at radius 3 is 2.17 bits per heavy atom. The maximum atomic E-state index is 12.0. The molecule has 0 saturated carbocycles. The van der Waals surface area contributed by atoms with Gasteiger partial charge in [-0.3, -0.25) is 4.79 Å². The minimum absolute atomic E-state index is 0.0321. The fourth-order valence-corrected chi connectivity index (χ4v) is 7.14. The van der Waals surface area contributed by atoms with Gasteiger partial charge in [0.25, 0.3) is 0 Å². The Labute approximate surface area is 156 Å². The lowest BCUT2D eigenvalue weighted by molar-refractivity contribution is -0.136. The molecule has 1 heterocycles. The Morgan fingerprint density at radius 2 is 1.78 bits per heavy atom. The first-order chi connectivity index (χ1) is 10.1. The third-order valence-electron chi connectivity index (χ3n) is 4.32. The monoisotopic (exact) mass is 393 g/mol. The van der Waals surface area contributed by atoms with Crippen molar-refractivity contribution in [3.8, 4) is 0 Å². The second kappa shape index (κ2) is 7.36. The maximum absolute atomic E-state index is 12.0. The van der Waals surface area contributed by atoms with Gasteiger partial charge in [0, 0.05) is 4.75 Å². The minimum atomic E-state index is -1.88. The van der Waals surface area contributed by atoms with E-state index in [0.717, 1.165) is 3.53 Å². The first kappa shape index (κ1) is 21.5. The van der Waals surface area contributed by atoms with Crippen LogP contribution >= 0.6 is 35.7 Å². The van der Waals surface area contributed by atoms with Crippen LogP contribution in [-0.2, 0) is 9.22 Å². The molecule has 7 heteroatoms. The van der Waals surface area contributed by atoms with Crippen LogP contribution < -0.4 is 5.32 Å². The summed E-state index contributed by atoms with van der Waals surface area (Å²) in [7, 11) is -1.88. The topological polar surface area (TPSA) is 38.3 Å². The van der Waals surface area contributed by atoms with Crippen LogP contribution in [0.4, 0.5) is 0 Å². The Kier molecular flexibility index (Phi) is 6.87. The third kappa shape index (κ3) is 6.03. The van der Waals surface area contributed by atoms with E-state index in [4.69, 9.17) is 16.6 Å². The summed E-state index contributed by atoms with van der Waals surface area (Å²) in [5.41, 5.74) is 0. The summed E-state index contributed by atoms with van der Waals surface area (Å²) in [6.07, 6.45) is -0.0791. The highest BCUT2D eigenvalue weighted by Gasteiger charge is 2.48. The molecular weight excluding hydrogens is 362 g/mol. The minimum Gasteiger partial charge on any atom is -0.413 e. The number of β-lactam (4-membered cyclic amide) rings is 1. The van der Waals surface area contributed by atoms with Crippen LogP contribution in [0.3, 0.4) is 0 Å². The largest absolute Gasteiger partial charge is 0.413 e. The zero-order valence-electron chi connectivity index (χ0n) is 15.8. The molecule has 1 amide bonds. The summed E-state index contributed by atoms with van der Waals surface area (Å²) in [6.45, 7) is 19.6. The molecule has 1 fully saturated rings. The van der Waals surface area contributed by atoms with Crippen molar-refractivity contribution in [3.05, 3.63) is 0 Å². The number of thiocarbonyl (C=S) groups is 1. The summed E-state index contributed by atoms with van der Waals surface area (Å²) in [5, 5.41) is 3.15. The van der Waals surface area contributed by atoms with Gasteiger partial charge >= 0.3 is 0 Å². The lowest BCUT2D eigenvalue weighted by Crippen LogP contribution is -2.62. The van der Waals surface area contributed by atoms with Crippen LogP contribution in [0.25, 0.3) is 0 Å². The SMILES string of the molecule is C[C@@H](O[Si](C)(C)C(C)(C)C)C1C(=O)N[C@@H]1SC(=S)SC(C)(C)C. The van der Waals surface area contributed by atoms with Crippen molar-refractivity contribution in [2.45, 2.75) is 82.8 Å². The summed E-state index contributed by atoms with van der Waals surface area (Å²) in [4.78, 5) is 12.0. The van der Waals surface area contributed by atoms with E-state index in [1.165, 1.54) is 0 Å². The maximum Gasteiger partial charge on any atom is 0.229 e. The Hall–Kier alpha value is 0.437. The molecule has 1 N–H and O–H groups in total. The van der Waals surface area contributed by atoms with Gasteiger partial charge < -0.3 is 9.74 Å². The number of nitrogens with one attached hydrogen (secondary N) is 1. The van der Waals surface area contributed by atoms with Gasteiger partial charge in [-0.05, 0) is 25.1 Å². The smallest absolute Gasteiger partial charge is 0.229 e. The standard InChI is InChI=1S/C16H31NO2S3Si/c1-10(19-23(8,9)16(5,6)7)11-12(18)17-13(11)21-14(20)22-15(2,3)4/h10-11,13H,1-9H3,(H,17,18)/t10-,11?,13-/m1/s1. The van der Waals surface area contributed by atoms with Crippen molar-refractivity contribution >= 4 is 53.5 Å². The molecule has 1 rings (SSSR count). The third-order valence-corrected chi connectivity index (χ3v) is 11.6. The van der Waals surface area contributed by atoms with Gasteiger partial charge in [0.1, 0.15) is 3.53 Å². The zero-order chi connectivity index (χ0) is 18.2. The van der Waals surface area contributed by atoms with E-state index in [1.807, 2.05) is 6.92 Å². The fraction of sp³-hybridized carbons (Fsp3) is 0.875. The molecule has 1 aliphatic rings. The highest BCUT2D eigenvalue weighted by atomic mass is 32.2. The quantitative estimate of drug-likeness (QED) is 0.412. The first-order valence-corrected chi connectivity index (χ1v) is 13.0. The van der Waals surface area contributed by atoms with E-state index in [1.54, 1.807) is 23.5 Å². The van der Waals surface area contributed by atoms with E-state index in [2.05, 4.69) is 60.0 Å². The molecular formula is C16H31NO2S3Si. The van der Waals surface area contributed by atoms with E-state index < -0.39 is 8.32 Å². The number of hydrogen-bond donors (Lipinski definition) is 1. The molecule has 0 aromatic carbocycles. The number of amides is 1. The van der Waals surface area contributed by atoms with Crippen molar-refractivity contribution in [2.24, 2.45) is 5.92 Å². The fourth-order valence-electron chi connectivity index (χ4n) is 2.02. The second-order valence-corrected chi connectivity index (χ2v) is 17.5. The molecule has 1 saturated heterocycles. The van der Waals surface area contributed by atoms with Gasteiger partial charge in [0.2, 0.25) is 5.91 Å². The molecule has 0 aliphatic carbocycles. The van der Waals surface area contributed by atoms with Crippen LogP contribution in [0, 0.1) is 5.92 Å². The Balaban J connectivity index is 2.67. The number of carbonyl (C=O) groups excluding carboxylic acids is 1. The first-order valence-electron chi connectivity index (χ1n) is 8.02. The molecule has 3 atom stereocenters. The van der Waals surface area contributed by atoms with Crippen molar-refractivity contribution in [1.29, 1.82) is 0 Å².